The molecular weight excluding hydrogens is 506 g/mol. The summed E-state index contributed by atoms with van der Waals surface area (Å²) in [6, 6.07) is 11.0. The van der Waals surface area contributed by atoms with E-state index in [1.54, 1.807) is 48.6 Å². The number of aryl methyl sites for hydroxylation is 1. The number of hydrogen-bond acceptors (Lipinski definition) is 6. The summed E-state index contributed by atoms with van der Waals surface area (Å²) >= 11 is 0. The Bertz CT molecular complexity index is 1720. The minimum atomic E-state index is -4.84. The number of H-pyrrole nitrogens is 1. The molecule has 0 fully saturated rings. The highest BCUT2D eigenvalue weighted by Crippen LogP contribution is 2.32. The van der Waals surface area contributed by atoms with E-state index in [1.165, 1.54) is 10.6 Å². The molecule has 5 aromatic rings. The van der Waals surface area contributed by atoms with Crippen LogP contribution in [0.2, 0.25) is 0 Å². The summed E-state index contributed by atoms with van der Waals surface area (Å²) in [5.74, 6) is -0.538. The van der Waals surface area contributed by atoms with Crippen LogP contribution in [0.3, 0.4) is 0 Å². The number of aromatic amines is 1. The molecule has 0 aliphatic heterocycles. The lowest BCUT2D eigenvalue weighted by atomic mass is 10.1. The number of fused-ring (bicyclic) bond motifs is 2. The Balaban J connectivity index is 1.31. The molecule has 0 radical (unpaired) electrons. The van der Waals surface area contributed by atoms with Crippen molar-refractivity contribution in [3.8, 4) is 11.5 Å². The normalized spacial score (nSPS) is 12.8. The molecule has 38 heavy (non-hydrogen) atoms. The number of nitrogens with zero attached hydrogens (tertiary/aromatic N) is 3. The molecule has 196 valence electrons. The molecule has 0 aliphatic rings. The highest BCUT2D eigenvalue weighted by atomic mass is 19.4. The average molecular weight is 527 g/mol. The van der Waals surface area contributed by atoms with E-state index in [9.17, 15) is 27.2 Å². The number of oxazole rings is 1. The molecule has 0 bridgehead atoms. The Morgan fingerprint density at radius 1 is 1.16 bits per heavy atom. The zero-order valence-corrected chi connectivity index (χ0v) is 20.0. The van der Waals surface area contributed by atoms with Gasteiger partial charge < -0.3 is 14.3 Å². The van der Waals surface area contributed by atoms with E-state index in [0.717, 1.165) is 12.3 Å². The van der Waals surface area contributed by atoms with Gasteiger partial charge in [0, 0.05) is 18.8 Å². The van der Waals surface area contributed by atoms with Gasteiger partial charge in [0.25, 0.3) is 11.1 Å². The number of pyridine rings is 1. The summed E-state index contributed by atoms with van der Waals surface area (Å²) in [4.78, 5) is 28.9. The van der Waals surface area contributed by atoms with Crippen LogP contribution in [0.5, 0.6) is 0 Å². The molecule has 0 saturated carbocycles. The molecule has 3 heterocycles. The Labute approximate surface area is 211 Å². The molecule has 2 aromatic carbocycles. The number of alkyl halides is 3. The van der Waals surface area contributed by atoms with Crippen LogP contribution in [-0.2, 0) is 12.7 Å². The van der Waals surface area contributed by atoms with Crippen molar-refractivity contribution in [2.45, 2.75) is 38.5 Å². The molecule has 0 spiro atoms. The van der Waals surface area contributed by atoms with E-state index >= 15 is 0 Å². The third-order valence-corrected chi connectivity index (χ3v) is 6.17. The van der Waals surface area contributed by atoms with Gasteiger partial charge in [-0.15, -0.1) is 0 Å². The predicted octanol–water partition coefficient (Wildman–Crippen LogP) is 5.33. The van der Waals surface area contributed by atoms with Gasteiger partial charge in [0.1, 0.15) is 16.9 Å². The highest BCUT2D eigenvalue weighted by molar-refractivity contribution is 5.86. The topological polar surface area (TPSA) is 106 Å². The number of rotatable bonds is 7. The third kappa shape index (κ3) is 4.89. The van der Waals surface area contributed by atoms with E-state index in [1.807, 2.05) is 0 Å². The van der Waals surface area contributed by atoms with Gasteiger partial charge in [0.15, 0.2) is 5.58 Å². The molecule has 12 heteroatoms. The second-order valence-corrected chi connectivity index (χ2v) is 8.89. The van der Waals surface area contributed by atoms with Crippen LogP contribution in [0.4, 0.5) is 23.2 Å². The summed E-state index contributed by atoms with van der Waals surface area (Å²) in [7, 11) is 0. The average Bonchev–Trinajstić information content (AvgIpc) is 3.29. The summed E-state index contributed by atoms with van der Waals surface area (Å²) in [5, 5.41) is 8.60. The Kier molecular flexibility index (Phi) is 6.47. The molecule has 8 nitrogen and oxygen atoms in total. The minimum absolute atomic E-state index is 0.112. The van der Waals surface area contributed by atoms with E-state index in [0.29, 0.717) is 29.3 Å². The molecule has 0 aliphatic carbocycles. The van der Waals surface area contributed by atoms with Crippen molar-refractivity contribution in [1.29, 1.82) is 0 Å². The summed E-state index contributed by atoms with van der Waals surface area (Å²) in [5.41, 5.74) is -2.24. The van der Waals surface area contributed by atoms with Crippen LogP contribution in [0.15, 0.2) is 68.9 Å². The molecule has 1 unspecified atom stereocenters. The van der Waals surface area contributed by atoms with E-state index in [-0.39, 0.29) is 23.4 Å². The van der Waals surface area contributed by atoms with Crippen molar-refractivity contribution in [1.82, 2.24) is 19.7 Å². The second kappa shape index (κ2) is 9.77. The summed E-state index contributed by atoms with van der Waals surface area (Å²) in [6.45, 7) is 1.92. The van der Waals surface area contributed by atoms with E-state index in [4.69, 9.17) is 4.42 Å². The van der Waals surface area contributed by atoms with Gasteiger partial charge in [-0.2, -0.15) is 18.3 Å². The van der Waals surface area contributed by atoms with Gasteiger partial charge in [0.2, 0.25) is 5.89 Å². The number of nitrogens with one attached hydrogen (secondary N) is 2. The van der Waals surface area contributed by atoms with Crippen molar-refractivity contribution >= 4 is 27.6 Å². The first-order valence-corrected chi connectivity index (χ1v) is 11.7. The van der Waals surface area contributed by atoms with Crippen molar-refractivity contribution < 1.29 is 22.0 Å². The van der Waals surface area contributed by atoms with Crippen LogP contribution in [-0.4, -0.2) is 25.8 Å². The molecule has 1 atom stereocenters. The molecule has 2 N–H and O–H groups in total. The number of hydrogen-bond donors (Lipinski definition) is 2. The lowest BCUT2D eigenvalue weighted by Crippen LogP contribution is -2.27. The monoisotopic (exact) mass is 527 g/mol. The molecular formula is C26H21F4N5O3. The van der Waals surface area contributed by atoms with Gasteiger partial charge in [-0.05, 0) is 55.5 Å². The molecule has 0 saturated heterocycles. The lowest BCUT2D eigenvalue weighted by Gasteiger charge is -2.18. The maximum Gasteiger partial charge on any atom is 0.423 e. The fourth-order valence-electron chi connectivity index (χ4n) is 4.33. The minimum Gasteiger partial charge on any atom is -0.436 e. The number of halogens is 4. The van der Waals surface area contributed by atoms with Crippen LogP contribution in [0.1, 0.15) is 25.3 Å². The summed E-state index contributed by atoms with van der Waals surface area (Å²) < 4.78 is 61.8. The zero-order chi connectivity index (χ0) is 27.0. The van der Waals surface area contributed by atoms with Crippen molar-refractivity contribution in [3.05, 3.63) is 86.9 Å². The first-order chi connectivity index (χ1) is 18.1. The first kappa shape index (κ1) is 25.2. The standard InChI is InChI=1S/C26H21F4N5O3/c1-14(32-20-13-31-34-23(36)22(20)26(28,29)30)5-4-9-35-10-8-15-11-17(18(27)12-16(15)25(35)37)24-33-19-6-2-3-7-21(19)38-24/h2-3,6-8,10-14H,4-5,9H2,1H3,(H2,32,34,36). The quantitative estimate of drug-likeness (QED) is 0.277. The van der Waals surface area contributed by atoms with Gasteiger partial charge in [-0.25, -0.2) is 14.5 Å². The highest BCUT2D eigenvalue weighted by Gasteiger charge is 2.37. The first-order valence-electron chi connectivity index (χ1n) is 11.7. The Morgan fingerprint density at radius 3 is 2.71 bits per heavy atom. The maximum atomic E-state index is 15.0. The zero-order valence-electron chi connectivity index (χ0n) is 20.0. The van der Waals surface area contributed by atoms with Crippen molar-refractivity contribution in [2.75, 3.05) is 5.32 Å². The van der Waals surface area contributed by atoms with Crippen molar-refractivity contribution in [2.24, 2.45) is 0 Å². The Hall–Kier alpha value is -4.48. The molecule has 3 aromatic heterocycles. The van der Waals surface area contributed by atoms with E-state index < -0.39 is 40.4 Å². The number of benzene rings is 2. The fourth-order valence-corrected chi connectivity index (χ4v) is 4.33. The maximum absolute atomic E-state index is 15.0. The summed E-state index contributed by atoms with van der Waals surface area (Å²) in [6.07, 6.45) is -1.52. The third-order valence-electron chi connectivity index (χ3n) is 6.17. The number of anilines is 1. The van der Waals surface area contributed by atoms with Crippen LogP contribution >= 0.6 is 0 Å². The SMILES string of the molecule is CC(CCCn1ccc2cc(-c3nc4ccccc4o3)c(F)cc2c1=O)Nc1cn[nH]c(=O)c1C(F)(F)F. The number of aromatic nitrogens is 4. The largest absolute Gasteiger partial charge is 0.436 e. The predicted molar refractivity (Wildman–Crippen MR) is 133 cm³/mol. The smallest absolute Gasteiger partial charge is 0.423 e. The second-order valence-electron chi connectivity index (χ2n) is 8.89. The van der Waals surface area contributed by atoms with Gasteiger partial charge >= 0.3 is 6.18 Å². The van der Waals surface area contributed by atoms with Crippen LogP contribution < -0.4 is 16.4 Å². The molecule has 0 amide bonds. The fraction of sp³-hybridized carbons (Fsp3) is 0.231. The van der Waals surface area contributed by atoms with Gasteiger partial charge in [-0.1, -0.05) is 12.1 Å². The molecule has 5 rings (SSSR count). The van der Waals surface area contributed by atoms with Crippen LogP contribution in [0.25, 0.3) is 33.3 Å². The van der Waals surface area contributed by atoms with Crippen LogP contribution in [0, 0.1) is 5.82 Å². The number of para-hydroxylation sites is 2. The van der Waals surface area contributed by atoms with Gasteiger partial charge in [-0.3, -0.25) is 9.59 Å². The van der Waals surface area contributed by atoms with Gasteiger partial charge in [0.05, 0.1) is 22.8 Å². The van der Waals surface area contributed by atoms with E-state index in [2.05, 4.69) is 15.4 Å². The van der Waals surface area contributed by atoms with Crippen molar-refractivity contribution in [3.63, 3.8) is 0 Å². The lowest BCUT2D eigenvalue weighted by molar-refractivity contribution is -0.138. The Morgan fingerprint density at radius 2 is 1.95 bits per heavy atom.